The summed E-state index contributed by atoms with van der Waals surface area (Å²) < 4.78 is 9.97. The van der Waals surface area contributed by atoms with Crippen molar-refractivity contribution in [1.82, 2.24) is 9.97 Å². The predicted molar refractivity (Wildman–Crippen MR) is 53.3 cm³/mol. The Morgan fingerprint density at radius 2 is 1.88 bits per heavy atom. The standard InChI is InChI=1S/C9H7N3O4/c1-6-4-10-7(15-6)2-3-8-11-5-9(16-8)12(13)14/h2-5H,1H3. The number of rotatable bonds is 3. The first-order valence-electron chi connectivity index (χ1n) is 4.36. The number of aryl methyl sites for hydroxylation is 1. The molecular formula is C9H7N3O4. The molecule has 0 aromatic carbocycles. The molecule has 0 N–H and O–H groups in total. The van der Waals surface area contributed by atoms with Crippen LogP contribution in [0, 0.1) is 17.0 Å². The van der Waals surface area contributed by atoms with Crippen molar-refractivity contribution < 1.29 is 13.8 Å². The van der Waals surface area contributed by atoms with E-state index in [1.54, 1.807) is 13.1 Å². The van der Waals surface area contributed by atoms with Gasteiger partial charge in [0, 0.05) is 12.2 Å². The average molecular weight is 221 g/mol. The molecule has 0 saturated heterocycles. The Bertz CT molecular complexity index is 540. The van der Waals surface area contributed by atoms with Gasteiger partial charge in [-0.1, -0.05) is 0 Å². The van der Waals surface area contributed by atoms with Gasteiger partial charge in [0.15, 0.2) is 0 Å². The van der Waals surface area contributed by atoms with E-state index in [9.17, 15) is 10.1 Å². The zero-order chi connectivity index (χ0) is 11.5. The zero-order valence-corrected chi connectivity index (χ0v) is 8.28. The number of oxazole rings is 2. The molecule has 0 aliphatic carbocycles. The van der Waals surface area contributed by atoms with E-state index in [2.05, 4.69) is 9.97 Å². The third-order valence-corrected chi connectivity index (χ3v) is 1.70. The van der Waals surface area contributed by atoms with Gasteiger partial charge < -0.3 is 8.83 Å². The lowest BCUT2D eigenvalue weighted by molar-refractivity contribution is -0.402. The Morgan fingerprint density at radius 1 is 1.25 bits per heavy atom. The van der Waals surface area contributed by atoms with Gasteiger partial charge in [-0.2, -0.15) is 0 Å². The monoisotopic (exact) mass is 221 g/mol. The molecule has 0 atom stereocenters. The van der Waals surface area contributed by atoms with Crippen molar-refractivity contribution >= 4 is 18.0 Å². The van der Waals surface area contributed by atoms with Gasteiger partial charge in [-0.3, -0.25) is 10.1 Å². The first-order valence-corrected chi connectivity index (χ1v) is 4.36. The van der Waals surface area contributed by atoms with Gasteiger partial charge in [-0.05, 0) is 6.92 Å². The molecule has 0 radical (unpaired) electrons. The molecule has 2 aromatic rings. The van der Waals surface area contributed by atoms with Crippen molar-refractivity contribution in [3.8, 4) is 0 Å². The number of hydrogen-bond donors (Lipinski definition) is 0. The van der Waals surface area contributed by atoms with Gasteiger partial charge in [0.25, 0.3) is 0 Å². The third kappa shape index (κ3) is 2.14. The Kier molecular flexibility index (Phi) is 2.50. The highest BCUT2D eigenvalue weighted by Crippen LogP contribution is 2.14. The summed E-state index contributed by atoms with van der Waals surface area (Å²) in [5, 5.41) is 10.3. The molecule has 0 aliphatic rings. The number of nitrogens with zero attached hydrogens (tertiary/aromatic N) is 3. The Balaban J connectivity index is 2.14. The zero-order valence-electron chi connectivity index (χ0n) is 8.28. The van der Waals surface area contributed by atoms with Crippen LogP contribution >= 0.6 is 0 Å². The SMILES string of the molecule is Cc1cnc(C=Cc2ncc([N+](=O)[O-])o2)o1. The molecule has 0 bridgehead atoms. The molecule has 0 amide bonds. The molecule has 0 unspecified atom stereocenters. The third-order valence-electron chi connectivity index (χ3n) is 1.70. The topological polar surface area (TPSA) is 95.2 Å². The number of hydrogen-bond acceptors (Lipinski definition) is 6. The quantitative estimate of drug-likeness (QED) is 0.581. The fourth-order valence-corrected chi connectivity index (χ4v) is 1.03. The van der Waals surface area contributed by atoms with Crippen molar-refractivity contribution in [3.05, 3.63) is 40.0 Å². The van der Waals surface area contributed by atoms with Gasteiger partial charge in [0.1, 0.15) is 16.9 Å². The summed E-state index contributed by atoms with van der Waals surface area (Å²) in [6, 6.07) is 0. The summed E-state index contributed by atoms with van der Waals surface area (Å²) in [7, 11) is 0. The Labute approximate surface area is 89.6 Å². The van der Waals surface area contributed by atoms with E-state index in [-0.39, 0.29) is 5.89 Å². The fourth-order valence-electron chi connectivity index (χ4n) is 1.03. The minimum absolute atomic E-state index is 0.127. The first kappa shape index (κ1) is 10.1. The molecule has 2 heterocycles. The van der Waals surface area contributed by atoms with E-state index in [1.807, 2.05) is 0 Å². The van der Waals surface area contributed by atoms with Gasteiger partial charge in [-0.25, -0.2) is 9.97 Å². The lowest BCUT2D eigenvalue weighted by Gasteiger charge is -1.82. The van der Waals surface area contributed by atoms with Crippen LogP contribution in [0.25, 0.3) is 12.2 Å². The molecule has 0 saturated carbocycles. The number of nitro groups is 1. The van der Waals surface area contributed by atoms with E-state index < -0.39 is 10.8 Å². The molecule has 0 aliphatic heterocycles. The van der Waals surface area contributed by atoms with E-state index in [4.69, 9.17) is 8.83 Å². The van der Waals surface area contributed by atoms with E-state index in [0.717, 1.165) is 6.20 Å². The molecule has 2 rings (SSSR count). The fraction of sp³-hybridized carbons (Fsp3) is 0.111. The second-order valence-electron chi connectivity index (χ2n) is 2.94. The van der Waals surface area contributed by atoms with Crippen LogP contribution in [-0.2, 0) is 0 Å². The van der Waals surface area contributed by atoms with Crippen molar-refractivity contribution in [2.24, 2.45) is 0 Å². The smallest absolute Gasteiger partial charge is 0.442 e. The van der Waals surface area contributed by atoms with E-state index in [1.165, 1.54) is 12.2 Å². The highest BCUT2D eigenvalue weighted by molar-refractivity contribution is 5.61. The predicted octanol–water partition coefficient (Wildman–Crippen LogP) is 2.05. The summed E-state index contributed by atoms with van der Waals surface area (Å²) in [5.74, 6) is 0.794. The van der Waals surface area contributed by atoms with Crippen LogP contribution in [-0.4, -0.2) is 14.9 Å². The van der Waals surface area contributed by atoms with Crippen LogP contribution in [0.15, 0.2) is 21.2 Å². The van der Waals surface area contributed by atoms with Gasteiger partial charge in [0.2, 0.25) is 11.8 Å². The highest BCUT2D eigenvalue weighted by atomic mass is 16.6. The molecule has 82 valence electrons. The van der Waals surface area contributed by atoms with Gasteiger partial charge in [-0.15, -0.1) is 0 Å². The first-order chi connectivity index (χ1) is 7.65. The largest absolute Gasteiger partial charge is 0.453 e. The lowest BCUT2D eigenvalue weighted by Crippen LogP contribution is -1.82. The molecule has 2 aromatic heterocycles. The molecule has 7 nitrogen and oxygen atoms in total. The van der Waals surface area contributed by atoms with Gasteiger partial charge in [0.05, 0.1) is 6.20 Å². The van der Waals surface area contributed by atoms with Crippen LogP contribution in [0.4, 0.5) is 5.88 Å². The minimum atomic E-state index is -0.653. The van der Waals surface area contributed by atoms with E-state index >= 15 is 0 Å². The van der Waals surface area contributed by atoms with Crippen LogP contribution < -0.4 is 0 Å². The van der Waals surface area contributed by atoms with Crippen molar-refractivity contribution in [2.45, 2.75) is 6.92 Å². The van der Waals surface area contributed by atoms with Gasteiger partial charge >= 0.3 is 5.88 Å². The van der Waals surface area contributed by atoms with Crippen LogP contribution in [0.1, 0.15) is 17.5 Å². The van der Waals surface area contributed by atoms with Crippen LogP contribution in [0.5, 0.6) is 0 Å². The maximum atomic E-state index is 10.3. The maximum Gasteiger partial charge on any atom is 0.453 e. The van der Waals surface area contributed by atoms with E-state index in [0.29, 0.717) is 11.7 Å². The molecule has 0 spiro atoms. The Hall–Kier alpha value is -2.44. The molecule has 0 fully saturated rings. The highest BCUT2D eigenvalue weighted by Gasteiger charge is 2.11. The molecule has 16 heavy (non-hydrogen) atoms. The second-order valence-corrected chi connectivity index (χ2v) is 2.94. The Morgan fingerprint density at radius 3 is 2.38 bits per heavy atom. The number of aromatic nitrogens is 2. The van der Waals surface area contributed by atoms with Crippen LogP contribution in [0.3, 0.4) is 0 Å². The minimum Gasteiger partial charge on any atom is -0.442 e. The summed E-state index contributed by atoms with van der Waals surface area (Å²) in [4.78, 5) is 17.3. The normalized spacial score (nSPS) is 11.1. The average Bonchev–Trinajstić information content (AvgIpc) is 2.83. The van der Waals surface area contributed by atoms with Crippen molar-refractivity contribution in [1.29, 1.82) is 0 Å². The molecular weight excluding hydrogens is 214 g/mol. The van der Waals surface area contributed by atoms with Crippen LogP contribution in [0.2, 0.25) is 0 Å². The summed E-state index contributed by atoms with van der Waals surface area (Å²) in [5.41, 5.74) is 0. The summed E-state index contributed by atoms with van der Waals surface area (Å²) in [6.07, 6.45) is 5.57. The summed E-state index contributed by atoms with van der Waals surface area (Å²) in [6.45, 7) is 1.76. The lowest BCUT2D eigenvalue weighted by atomic mass is 10.5. The maximum absolute atomic E-state index is 10.3. The van der Waals surface area contributed by atoms with Crippen molar-refractivity contribution in [2.75, 3.05) is 0 Å². The molecule has 7 heteroatoms. The summed E-state index contributed by atoms with van der Waals surface area (Å²) >= 11 is 0. The van der Waals surface area contributed by atoms with Crippen molar-refractivity contribution in [3.63, 3.8) is 0 Å². The second kappa shape index (κ2) is 3.97.